The van der Waals surface area contributed by atoms with Crippen LogP contribution in [0.15, 0.2) is 84.1 Å². The van der Waals surface area contributed by atoms with Crippen molar-refractivity contribution in [3.8, 4) is 5.75 Å². The van der Waals surface area contributed by atoms with Crippen LogP contribution in [0.5, 0.6) is 5.75 Å². The Bertz CT molecular complexity index is 1630. The minimum atomic E-state index is -4.33. The Labute approximate surface area is 267 Å². The van der Waals surface area contributed by atoms with Crippen LogP contribution >= 0.6 is 0 Å². The summed E-state index contributed by atoms with van der Waals surface area (Å²) in [5.41, 5.74) is 2.44. The quantitative estimate of drug-likeness (QED) is 0.139. The molecule has 2 atom stereocenters. The Hall–Kier alpha value is -4.27. The van der Waals surface area contributed by atoms with Crippen LogP contribution in [0, 0.1) is 5.92 Å². The predicted octanol–water partition coefficient (Wildman–Crippen LogP) is 9.07. The van der Waals surface area contributed by atoms with Gasteiger partial charge in [-0.3, -0.25) is 9.78 Å². The van der Waals surface area contributed by atoms with E-state index >= 15 is 0 Å². The number of carbonyl (C=O) groups excluding carboxylic acids is 1. The van der Waals surface area contributed by atoms with E-state index in [2.05, 4.69) is 21.8 Å². The third kappa shape index (κ3) is 7.92. The molecule has 0 amide bonds. The summed E-state index contributed by atoms with van der Waals surface area (Å²) >= 11 is 0. The first kappa shape index (κ1) is 31.7. The standard InChI is InChI=1S/C37H40F3N3O3/c1-25(42-30-4-2-3-26(5-9-30)6-13-34(44)27-15-19-41-20-16-27)36-24-28-23-33(12-14-35(28)46-36)45-32-17-21-43(22-18-32)31-10-7-29(8-11-31)37(38,39)40/h7-8,10-12,14-16,19-20,23-24,26,30,32,42H,1-6,9,13,17-18,21-22H2. The number of pyridine rings is 1. The van der Waals surface area contributed by atoms with Crippen molar-refractivity contribution in [1.82, 2.24) is 10.3 Å². The molecule has 1 N–H and O–H groups in total. The Kier molecular flexibility index (Phi) is 9.66. The fourth-order valence-corrected chi connectivity index (χ4v) is 6.68. The van der Waals surface area contributed by atoms with E-state index in [1.54, 1.807) is 36.7 Å². The number of halogens is 3. The molecule has 0 radical (unpaired) electrons. The van der Waals surface area contributed by atoms with Crippen LogP contribution in [0.2, 0.25) is 0 Å². The van der Waals surface area contributed by atoms with E-state index in [0.29, 0.717) is 37.2 Å². The molecule has 6 rings (SSSR count). The molecule has 0 bridgehead atoms. The molecule has 0 spiro atoms. The van der Waals surface area contributed by atoms with Crippen molar-refractivity contribution in [3.05, 3.63) is 96.5 Å². The molecule has 1 saturated carbocycles. The number of carbonyl (C=O) groups is 1. The number of Topliss-reactive ketones (excluding diaryl/α,β-unsaturated/α-hetero) is 1. The number of benzene rings is 2. The van der Waals surface area contributed by atoms with Crippen LogP contribution in [-0.2, 0) is 6.18 Å². The van der Waals surface area contributed by atoms with Gasteiger partial charge in [0.2, 0.25) is 0 Å². The molecule has 2 aromatic heterocycles. The van der Waals surface area contributed by atoms with E-state index in [-0.39, 0.29) is 11.9 Å². The minimum Gasteiger partial charge on any atom is -0.490 e. The molecule has 1 aliphatic carbocycles. The summed E-state index contributed by atoms with van der Waals surface area (Å²) in [6, 6.07) is 17.1. The number of rotatable bonds is 10. The van der Waals surface area contributed by atoms with E-state index in [9.17, 15) is 18.0 Å². The van der Waals surface area contributed by atoms with Crippen molar-refractivity contribution in [2.24, 2.45) is 5.92 Å². The molecular formula is C37H40F3N3O3. The number of nitrogens with zero attached hydrogens (tertiary/aromatic N) is 2. The average molecular weight is 632 g/mol. The van der Waals surface area contributed by atoms with Crippen molar-refractivity contribution in [1.29, 1.82) is 0 Å². The highest BCUT2D eigenvalue weighted by Gasteiger charge is 2.30. The van der Waals surface area contributed by atoms with E-state index in [1.165, 1.54) is 0 Å². The van der Waals surface area contributed by atoms with Gasteiger partial charge in [-0.15, -0.1) is 0 Å². The van der Waals surface area contributed by atoms with Crippen molar-refractivity contribution in [2.75, 3.05) is 18.0 Å². The first-order valence-corrected chi connectivity index (χ1v) is 16.2. The lowest BCUT2D eigenvalue weighted by atomic mass is 9.92. The normalized spacial score (nSPS) is 19.5. The highest BCUT2D eigenvalue weighted by atomic mass is 19.4. The van der Waals surface area contributed by atoms with E-state index in [1.807, 2.05) is 24.3 Å². The first-order chi connectivity index (χ1) is 22.2. The Balaban J connectivity index is 0.972. The molecule has 2 aliphatic rings. The summed E-state index contributed by atoms with van der Waals surface area (Å²) in [6.45, 7) is 5.70. The minimum absolute atomic E-state index is 0.0268. The van der Waals surface area contributed by atoms with Gasteiger partial charge in [-0.05, 0) is 92.3 Å². The lowest BCUT2D eigenvalue weighted by Gasteiger charge is -2.33. The average Bonchev–Trinajstić information content (AvgIpc) is 3.37. The van der Waals surface area contributed by atoms with Crippen molar-refractivity contribution >= 4 is 28.1 Å². The van der Waals surface area contributed by atoms with Crippen LogP contribution in [0.4, 0.5) is 18.9 Å². The number of ketones is 1. The summed E-state index contributed by atoms with van der Waals surface area (Å²) in [7, 11) is 0. The molecule has 2 unspecified atom stereocenters. The van der Waals surface area contributed by atoms with Crippen molar-refractivity contribution in [3.63, 3.8) is 0 Å². The van der Waals surface area contributed by atoms with Crippen LogP contribution in [0.1, 0.15) is 79.5 Å². The molecule has 6 nitrogen and oxygen atoms in total. The second-order valence-electron chi connectivity index (χ2n) is 12.6. The number of fused-ring (bicyclic) bond motifs is 1. The second-order valence-corrected chi connectivity index (χ2v) is 12.6. The van der Waals surface area contributed by atoms with Crippen molar-refractivity contribution < 1.29 is 27.1 Å². The summed E-state index contributed by atoms with van der Waals surface area (Å²) in [5.74, 6) is 2.21. The zero-order valence-corrected chi connectivity index (χ0v) is 25.9. The number of ether oxygens (including phenoxy) is 1. The molecule has 3 heterocycles. The molecule has 4 aromatic rings. The number of hydrogen-bond donors (Lipinski definition) is 1. The number of nitrogens with one attached hydrogen (secondary N) is 1. The van der Waals surface area contributed by atoms with Gasteiger partial charge in [0.25, 0.3) is 0 Å². The van der Waals surface area contributed by atoms with Crippen LogP contribution in [0.25, 0.3) is 16.7 Å². The number of alkyl halides is 3. The van der Waals surface area contributed by atoms with E-state index in [0.717, 1.165) is 97.2 Å². The number of piperidine rings is 1. The van der Waals surface area contributed by atoms with Crippen LogP contribution in [0.3, 0.4) is 0 Å². The number of furan rings is 1. The second kappa shape index (κ2) is 14.0. The van der Waals surface area contributed by atoms with Crippen molar-refractivity contribution in [2.45, 2.75) is 76.1 Å². The molecule has 242 valence electrons. The van der Waals surface area contributed by atoms with Gasteiger partial charge < -0.3 is 19.4 Å². The highest BCUT2D eigenvalue weighted by molar-refractivity contribution is 5.95. The maximum Gasteiger partial charge on any atom is 0.416 e. The Morgan fingerprint density at radius 1 is 0.957 bits per heavy atom. The van der Waals surface area contributed by atoms with E-state index < -0.39 is 11.7 Å². The highest BCUT2D eigenvalue weighted by Crippen LogP contribution is 2.33. The van der Waals surface area contributed by atoms with Gasteiger partial charge in [-0.2, -0.15) is 13.2 Å². The Morgan fingerprint density at radius 2 is 1.72 bits per heavy atom. The maximum atomic E-state index is 12.9. The fraction of sp³-hybridized carbons (Fsp3) is 0.405. The van der Waals surface area contributed by atoms with Gasteiger partial charge in [0.05, 0.1) is 11.3 Å². The first-order valence-electron chi connectivity index (χ1n) is 16.2. The number of aromatic nitrogens is 1. The molecule has 9 heteroatoms. The smallest absolute Gasteiger partial charge is 0.416 e. The van der Waals surface area contributed by atoms with Gasteiger partial charge >= 0.3 is 6.18 Å². The molecule has 46 heavy (non-hydrogen) atoms. The third-order valence-electron chi connectivity index (χ3n) is 9.34. The lowest BCUT2D eigenvalue weighted by molar-refractivity contribution is -0.137. The monoisotopic (exact) mass is 631 g/mol. The zero-order chi connectivity index (χ0) is 32.1. The van der Waals surface area contributed by atoms with Gasteiger partial charge in [0.1, 0.15) is 17.4 Å². The Morgan fingerprint density at radius 3 is 2.46 bits per heavy atom. The molecular weight excluding hydrogens is 591 g/mol. The molecule has 1 aliphatic heterocycles. The van der Waals surface area contributed by atoms with Gasteiger partial charge in [0, 0.05) is 67.4 Å². The molecule has 2 fully saturated rings. The summed E-state index contributed by atoms with van der Waals surface area (Å²) < 4.78 is 51.2. The van der Waals surface area contributed by atoms with Crippen LogP contribution in [-0.4, -0.2) is 36.0 Å². The SMILES string of the molecule is C=C(NC1CCCC(CCC(=O)c2ccncc2)CC1)c1cc2cc(OC3CCN(c4ccc(C(F)(F)F)cc4)CC3)ccc2o1. The third-order valence-corrected chi connectivity index (χ3v) is 9.34. The fourth-order valence-electron chi connectivity index (χ4n) is 6.68. The number of anilines is 1. The maximum absolute atomic E-state index is 12.9. The number of hydrogen-bond acceptors (Lipinski definition) is 6. The molecule has 2 aromatic carbocycles. The summed E-state index contributed by atoms with van der Waals surface area (Å²) in [5, 5.41) is 4.54. The summed E-state index contributed by atoms with van der Waals surface area (Å²) in [6.07, 6.45) is 7.50. The van der Waals surface area contributed by atoms with E-state index in [4.69, 9.17) is 9.15 Å². The topological polar surface area (TPSA) is 67.6 Å². The van der Waals surface area contributed by atoms with Gasteiger partial charge in [-0.1, -0.05) is 19.4 Å². The zero-order valence-electron chi connectivity index (χ0n) is 25.9. The summed E-state index contributed by atoms with van der Waals surface area (Å²) in [4.78, 5) is 18.6. The largest absolute Gasteiger partial charge is 0.490 e. The predicted molar refractivity (Wildman–Crippen MR) is 174 cm³/mol. The van der Waals surface area contributed by atoms with Gasteiger partial charge in [-0.25, -0.2) is 0 Å². The van der Waals surface area contributed by atoms with Gasteiger partial charge in [0.15, 0.2) is 11.5 Å². The van der Waals surface area contributed by atoms with Crippen LogP contribution < -0.4 is 15.0 Å². The lowest BCUT2D eigenvalue weighted by Crippen LogP contribution is -2.38. The molecule has 1 saturated heterocycles.